The van der Waals surface area contributed by atoms with E-state index in [-0.39, 0.29) is 18.5 Å². The summed E-state index contributed by atoms with van der Waals surface area (Å²) in [6.45, 7) is 4.93. The Morgan fingerprint density at radius 1 is 0.304 bits per heavy atom. The molecule has 2 atom stereocenters. The van der Waals surface area contributed by atoms with Gasteiger partial charge in [-0.25, -0.2) is 0 Å². The summed E-state index contributed by atoms with van der Waals surface area (Å²) in [7, 11) is 0. The molecule has 0 aromatic heterocycles. The number of carbonyl (C=O) groups is 2. The number of ether oxygens (including phenoxy) is 1. The second-order valence-electron chi connectivity index (χ2n) is 29.2. The molecule has 544 valence electrons. The zero-order chi connectivity index (χ0) is 66.3. The highest BCUT2D eigenvalue weighted by Crippen LogP contribution is 2.21. The maximum Gasteiger partial charge on any atom is 0.305 e. The fourth-order valence-corrected chi connectivity index (χ4v) is 13.5. The molecule has 0 radical (unpaired) electrons. The Hall–Kier alpha value is -1.92. The minimum Gasteiger partial charge on any atom is -0.466 e. The molecule has 0 heterocycles. The predicted molar refractivity (Wildman–Crippen MR) is 407 cm³/mol. The SMILES string of the molecule is CCCCC/C=C\C/C=C\CCCCCCCC(=O)OCCCCCCCCCCCCCCCCCCCCCCCCCCCCCCCCCCCCCC(=O)NC(CO)C(O)/C=C/CCCCCCCCCCCCCCCCCCCCCCCCC. The van der Waals surface area contributed by atoms with Crippen molar-refractivity contribution < 1.29 is 24.5 Å². The number of nitrogens with one attached hydrogen (secondary N) is 1. The standard InChI is InChI=1S/C86H165NO5/c1-3-5-7-9-11-13-15-17-19-20-21-22-23-35-38-41-44-47-51-54-58-62-66-70-74-78-84(89)83(82-88)87-85(90)79-75-71-67-63-59-55-52-48-45-42-39-36-33-31-29-27-25-24-26-28-30-32-34-37-40-43-46-49-53-57-61-65-69-73-77-81-92-86(91)80-76-72-68-64-60-56-50-18-16-14-12-10-8-6-4-2/h12,14,18,50,74,78,83-84,88-89H,3-11,13,15-17,19-49,51-73,75-77,79-82H2,1-2H3,(H,87,90)/b14-12-,50-18-,78-74+. The smallest absolute Gasteiger partial charge is 0.305 e. The summed E-state index contributed by atoms with van der Waals surface area (Å²) in [6.07, 6.45) is 107. The summed E-state index contributed by atoms with van der Waals surface area (Å²) in [6, 6.07) is -0.626. The molecule has 2 unspecified atom stereocenters. The molecule has 0 aromatic rings. The van der Waals surface area contributed by atoms with Gasteiger partial charge in [0.05, 0.1) is 25.4 Å². The zero-order valence-electron chi connectivity index (χ0n) is 62.6. The fourth-order valence-electron chi connectivity index (χ4n) is 13.5. The maximum absolute atomic E-state index is 12.6. The first-order valence-electron chi connectivity index (χ1n) is 42.3. The van der Waals surface area contributed by atoms with E-state index >= 15 is 0 Å². The van der Waals surface area contributed by atoms with Crippen molar-refractivity contribution in [2.45, 2.75) is 488 Å². The molecule has 0 spiro atoms. The lowest BCUT2D eigenvalue weighted by Crippen LogP contribution is -2.45. The number of esters is 1. The molecule has 0 aliphatic heterocycles. The number of hydrogen-bond acceptors (Lipinski definition) is 5. The predicted octanol–water partition coefficient (Wildman–Crippen LogP) is 28.2. The first-order valence-corrected chi connectivity index (χ1v) is 42.3. The molecule has 92 heavy (non-hydrogen) atoms. The van der Waals surface area contributed by atoms with E-state index in [9.17, 15) is 19.8 Å². The molecule has 6 nitrogen and oxygen atoms in total. The maximum atomic E-state index is 12.6. The highest BCUT2D eigenvalue weighted by Gasteiger charge is 2.18. The number of carbonyl (C=O) groups excluding carboxylic acids is 2. The minimum absolute atomic E-state index is 0.00911. The highest BCUT2D eigenvalue weighted by atomic mass is 16.5. The average Bonchev–Trinajstić information content (AvgIpc) is 3.57. The Kier molecular flexibility index (Phi) is 79.8. The third kappa shape index (κ3) is 77.1. The minimum atomic E-state index is -0.843. The zero-order valence-corrected chi connectivity index (χ0v) is 62.6. The lowest BCUT2D eigenvalue weighted by atomic mass is 10.0. The Labute approximate surface area is 576 Å². The van der Waals surface area contributed by atoms with Crippen LogP contribution in [0.3, 0.4) is 0 Å². The third-order valence-electron chi connectivity index (χ3n) is 19.9. The third-order valence-corrected chi connectivity index (χ3v) is 19.9. The first-order chi connectivity index (χ1) is 45.5. The quantitative estimate of drug-likeness (QED) is 0.0320. The molecule has 0 saturated carbocycles. The van der Waals surface area contributed by atoms with Crippen LogP contribution in [0.1, 0.15) is 476 Å². The van der Waals surface area contributed by atoms with Gasteiger partial charge in [-0.05, 0) is 64.2 Å². The lowest BCUT2D eigenvalue weighted by molar-refractivity contribution is -0.143. The van der Waals surface area contributed by atoms with Gasteiger partial charge in [0.15, 0.2) is 0 Å². The van der Waals surface area contributed by atoms with Crippen LogP contribution in [0.25, 0.3) is 0 Å². The van der Waals surface area contributed by atoms with Crippen LogP contribution in [0, 0.1) is 0 Å². The fraction of sp³-hybridized carbons (Fsp3) is 0.907. The average molecular weight is 1290 g/mol. The van der Waals surface area contributed by atoms with E-state index in [0.29, 0.717) is 19.4 Å². The van der Waals surface area contributed by atoms with E-state index in [0.717, 1.165) is 51.4 Å². The van der Waals surface area contributed by atoms with Gasteiger partial charge in [0.2, 0.25) is 5.91 Å². The molecule has 3 N–H and O–H groups in total. The van der Waals surface area contributed by atoms with E-state index in [1.165, 1.54) is 398 Å². The Balaban J connectivity index is 3.34. The van der Waals surface area contributed by atoms with Gasteiger partial charge in [-0.3, -0.25) is 9.59 Å². The van der Waals surface area contributed by atoms with Crippen LogP contribution in [0.5, 0.6) is 0 Å². The summed E-state index contributed by atoms with van der Waals surface area (Å²) < 4.78 is 5.50. The van der Waals surface area contributed by atoms with Crippen molar-refractivity contribution in [3.05, 3.63) is 36.5 Å². The first kappa shape index (κ1) is 90.1. The summed E-state index contributed by atoms with van der Waals surface area (Å²) in [4.78, 5) is 24.7. The molecule has 0 bridgehead atoms. The van der Waals surface area contributed by atoms with Crippen LogP contribution in [0.15, 0.2) is 36.5 Å². The van der Waals surface area contributed by atoms with Gasteiger partial charge in [0, 0.05) is 12.8 Å². The summed E-state index contributed by atoms with van der Waals surface area (Å²) in [5.74, 6) is -0.0480. The number of unbranched alkanes of at least 4 members (excludes halogenated alkanes) is 65. The molecule has 1 amide bonds. The monoisotopic (exact) mass is 1290 g/mol. The van der Waals surface area contributed by atoms with E-state index in [4.69, 9.17) is 4.74 Å². The van der Waals surface area contributed by atoms with Crippen molar-refractivity contribution in [2.75, 3.05) is 13.2 Å². The van der Waals surface area contributed by atoms with Gasteiger partial charge in [-0.1, -0.05) is 436 Å². The summed E-state index contributed by atoms with van der Waals surface area (Å²) in [5.41, 5.74) is 0. The van der Waals surface area contributed by atoms with Crippen molar-refractivity contribution in [3.63, 3.8) is 0 Å². The van der Waals surface area contributed by atoms with Crippen molar-refractivity contribution in [1.82, 2.24) is 5.32 Å². The molecule has 0 saturated heterocycles. The number of aliphatic hydroxyl groups is 2. The van der Waals surface area contributed by atoms with Gasteiger partial charge in [-0.2, -0.15) is 0 Å². The second-order valence-corrected chi connectivity index (χ2v) is 29.2. The van der Waals surface area contributed by atoms with Gasteiger partial charge >= 0.3 is 5.97 Å². The second kappa shape index (κ2) is 81.5. The van der Waals surface area contributed by atoms with Gasteiger partial charge in [0.25, 0.3) is 0 Å². The number of aliphatic hydroxyl groups excluding tert-OH is 2. The van der Waals surface area contributed by atoms with Crippen LogP contribution in [0.4, 0.5) is 0 Å². The Morgan fingerprint density at radius 3 is 0.848 bits per heavy atom. The number of amides is 1. The Morgan fingerprint density at radius 2 is 0.543 bits per heavy atom. The van der Waals surface area contributed by atoms with E-state index in [1.54, 1.807) is 6.08 Å². The topological polar surface area (TPSA) is 95.9 Å². The van der Waals surface area contributed by atoms with Gasteiger partial charge in [-0.15, -0.1) is 0 Å². The molecule has 0 aromatic carbocycles. The number of rotatable bonds is 80. The molecule has 0 aliphatic rings. The normalized spacial score (nSPS) is 12.6. The molecule has 0 fully saturated rings. The van der Waals surface area contributed by atoms with Crippen molar-refractivity contribution in [3.8, 4) is 0 Å². The highest BCUT2D eigenvalue weighted by molar-refractivity contribution is 5.76. The molecular formula is C86H165NO5. The van der Waals surface area contributed by atoms with Crippen LogP contribution in [-0.2, 0) is 14.3 Å². The van der Waals surface area contributed by atoms with E-state index in [1.807, 2.05) is 6.08 Å². The largest absolute Gasteiger partial charge is 0.466 e. The van der Waals surface area contributed by atoms with Crippen LogP contribution in [-0.4, -0.2) is 47.4 Å². The Bertz CT molecular complexity index is 1490. The van der Waals surface area contributed by atoms with Crippen LogP contribution >= 0.6 is 0 Å². The molecule has 0 rings (SSSR count). The van der Waals surface area contributed by atoms with Crippen molar-refractivity contribution in [2.24, 2.45) is 0 Å². The summed E-state index contributed by atoms with van der Waals surface area (Å²) >= 11 is 0. The van der Waals surface area contributed by atoms with E-state index < -0.39 is 12.1 Å². The van der Waals surface area contributed by atoms with Gasteiger partial charge < -0.3 is 20.3 Å². The molecule has 0 aliphatic carbocycles. The van der Waals surface area contributed by atoms with Crippen molar-refractivity contribution in [1.29, 1.82) is 0 Å². The van der Waals surface area contributed by atoms with Gasteiger partial charge in [0.1, 0.15) is 0 Å². The van der Waals surface area contributed by atoms with Crippen LogP contribution < -0.4 is 5.32 Å². The number of allylic oxidation sites excluding steroid dienone is 5. The molecule has 6 heteroatoms. The molecular weight excluding hydrogens is 1130 g/mol. The van der Waals surface area contributed by atoms with Crippen molar-refractivity contribution >= 4 is 11.9 Å². The lowest BCUT2D eigenvalue weighted by Gasteiger charge is -2.20. The summed E-state index contributed by atoms with van der Waals surface area (Å²) in [5, 5.41) is 23.3. The number of hydrogen-bond donors (Lipinski definition) is 3. The van der Waals surface area contributed by atoms with E-state index in [2.05, 4.69) is 43.5 Å². The van der Waals surface area contributed by atoms with Crippen LogP contribution in [0.2, 0.25) is 0 Å².